The first-order valence-corrected chi connectivity index (χ1v) is 11.8. The number of thiophene rings is 1. The first-order valence-electron chi connectivity index (χ1n) is 11.0. The number of anilines is 2. The number of hydrogen-bond acceptors (Lipinski definition) is 5. The maximum absolute atomic E-state index is 5.86. The molecule has 4 rings (SSSR count). The number of ether oxygens (including phenoxy) is 1. The summed E-state index contributed by atoms with van der Waals surface area (Å²) in [6, 6.07) is 14.7. The molecule has 0 saturated carbocycles. The number of hydrogen-bond donors (Lipinski definition) is 1. The summed E-state index contributed by atoms with van der Waals surface area (Å²) in [6.45, 7) is 7.28. The van der Waals surface area contributed by atoms with Gasteiger partial charge in [-0.1, -0.05) is 44.4 Å². The van der Waals surface area contributed by atoms with E-state index in [1.54, 1.807) is 17.7 Å². The van der Waals surface area contributed by atoms with Gasteiger partial charge in [-0.25, -0.2) is 9.97 Å². The Kier molecular flexibility index (Phi) is 6.82. The highest BCUT2D eigenvalue weighted by Gasteiger charge is 2.14. The molecule has 4 nitrogen and oxygen atoms in total. The van der Waals surface area contributed by atoms with Crippen LogP contribution in [0.25, 0.3) is 21.3 Å². The van der Waals surface area contributed by atoms with Gasteiger partial charge < -0.3 is 10.1 Å². The van der Waals surface area contributed by atoms with E-state index in [-0.39, 0.29) is 0 Å². The van der Waals surface area contributed by atoms with E-state index in [1.165, 1.54) is 41.5 Å². The summed E-state index contributed by atoms with van der Waals surface area (Å²) >= 11 is 1.65. The first-order chi connectivity index (χ1) is 15.2. The fourth-order valence-corrected chi connectivity index (χ4v) is 4.50. The lowest BCUT2D eigenvalue weighted by Gasteiger charge is -2.11. The summed E-state index contributed by atoms with van der Waals surface area (Å²) in [5, 5.41) is 6.71. The molecule has 0 amide bonds. The van der Waals surface area contributed by atoms with Crippen molar-refractivity contribution in [3.8, 4) is 16.9 Å². The first kappa shape index (κ1) is 21.3. The van der Waals surface area contributed by atoms with Crippen molar-refractivity contribution in [2.45, 2.75) is 46.5 Å². The molecule has 0 spiro atoms. The second-order valence-electron chi connectivity index (χ2n) is 7.91. The molecule has 0 aliphatic carbocycles. The van der Waals surface area contributed by atoms with Crippen molar-refractivity contribution in [2.75, 3.05) is 11.9 Å². The summed E-state index contributed by atoms with van der Waals surface area (Å²) in [6.07, 6.45) is 6.47. The van der Waals surface area contributed by atoms with Gasteiger partial charge >= 0.3 is 0 Å². The van der Waals surface area contributed by atoms with Gasteiger partial charge in [0.25, 0.3) is 0 Å². The summed E-state index contributed by atoms with van der Waals surface area (Å²) < 4.78 is 5.86. The van der Waals surface area contributed by atoms with Crippen molar-refractivity contribution in [1.29, 1.82) is 0 Å². The Morgan fingerprint density at radius 2 is 1.77 bits per heavy atom. The summed E-state index contributed by atoms with van der Waals surface area (Å²) in [4.78, 5) is 10.0. The van der Waals surface area contributed by atoms with E-state index in [0.29, 0.717) is 0 Å². The van der Waals surface area contributed by atoms with Crippen LogP contribution in [0.3, 0.4) is 0 Å². The smallest absolute Gasteiger partial charge is 0.143 e. The van der Waals surface area contributed by atoms with E-state index in [0.717, 1.165) is 40.5 Å². The van der Waals surface area contributed by atoms with E-state index in [9.17, 15) is 0 Å². The quantitative estimate of drug-likeness (QED) is 0.276. The minimum Gasteiger partial charge on any atom is -0.494 e. The van der Waals surface area contributed by atoms with Gasteiger partial charge in [-0.15, -0.1) is 11.3 Å². The largest absolute Gasteiger partial charge is 0.494 e. The molecule has 0 unspecified atom stereocenters. The predicted molar refractivity (Wildman–Crippen MR) is 132 cm³/mol. The molecule has 0 bridgehead atoms. The fraction of sp³-hybridized carbons (Fsp3) is 0.308. The number of aryl methyl sites for hydroxylation is 2. The van der Waals surface area contributed by atoms with Gasteiger partial charge in [0.1, 0.15) is 22.7 Å². The van der Waals surface area contributed by atoms with Crippen LogP contribution >= 0.6 is 11.3 Å². The molecule has 0 fully saturated rings. The number of nitrogens with zero attached hydrogens (tertiary/aromatic N) is 2. The van der Waals surface area contributed by atoms with Gasteiger partial charge in [0.05, 0.1) is 12.0 Å². The van der Waals surface area contributed by atoms with Gasteiger partial charge in [-0.3, -0.25) is 0 Å². The third-order valence-corrected chi connectivity index (χ3v) is 6.46. The maximum Gasteiger partial charge on any atom is 0.143 e. The van der Waals surface area contributed by atoms with E-state index >= 15 is 0 Å². The van der Waals surface area contributed by atoms with Crippen LogP contribution in [-0.4, -0.2) is 16.6 Å². The third-order valence-electron chi connectivity index (χ3n) is 5.57. The number of benzene rings is 2. The Bertz CT molecular complexity index is 1150. The number of unbranched alkanes of at least 4 members (excludes halogenated alkanes) is 3. The summed E-state index contributed by atoms with van der Waals surface area (Å²) in [5.74, 6) is 1.73. The molecule has 0 aliphatic heterocycles. The van der Waals surface area contributed by atoms with Crippen LogP contribution in [0.15, 0.2) is 54.2 Å². The topological polar surface area (TPSA) is 47.0 Å². The SMILES string of the molecule is CCCCCCOc1ccc(Nc2ncnc3scc(-c4ccc(C)c(C)c4)c23)cc1. The minimum absolute atomic E-state index is 0.771. The maximum atomic E-state index is 5.86. The average Bonchev–Trinajstić information content (AvgIpc) is 3.22. The van der Waals surface area contributed by atoms with Gasteiger partial charge in [0.2, 0.25) is 0 Å². The lowest BCUT2D eigenvalue weighted by molar-refractivity contribution is 0.305. The van der Waals surface area contributed by atoms with Crippen molar-refractivity contribution in [3.05, 3.63) is 65.3 Å². The van der Waals surface area contributed by atoms with Crippen LogP contribution < -0.4 is 10.1 Å². The highest BCUT2D eigenvalue weighted by molar-refractivity contribution is 7.17. The molecule has 2 heterocycles. The second kappa shape index (κ2) is 9.92. The minimum atomic E-state index is 0.771. The number of fused-ring (bicyclic) bond motifs is 1. The molecular formula is C26H29N3OS. The summed E-state index contributed by atoms with van der Waals surface area (Å²) in [5.41, 5.74) is 5.92. The van der Waals surface area contributed by atoms with E-state index < -0.39 is 0 Å². The zero-order chi connectivity index (χ0) is 21.6. The molecule has 0 atom stereocenters. The second-order valence-corrected chi connectivity index (χ2v) is 8.77. The van der Waals surface area contributed by atoms with Gasteiger partial charge in [0, 0.05) is 16.6 Å². The van der Waals surface area contributed by atoms with Gasteiger partial charge in [0.15, 0.2) is 0 Å². The fourth-order valence-electron chi connectivity index (χ4n) is 3.58. The molecule has 2 aromatic carbocycles. The standard InChI is InChI=1S/C26H29N3OS/c1-4-5-6-7-14-30-22-12-10-21(11-13-22)29-25-24-23(16-31-26(24)28-17-27-25)20-9-8-18(2)19(3)15-20/h8-13,15-17H,4-7,14H2,1-3H3,(H,27,28,29). The summed E-state index contributed by atoms with van der Waals surface area (Å²) in [7, 11) is 0. The van der Waals surface area contributed by atoms with Crippen LogP contribution in [-0.2, 0) is 0 Å². The highest BCUT2D eigenvalue weighted by atomic mass is 32.1. The molecule has 31 heavy (non-hydrogen) atoms. The molecule has 0 radical (unpaired) electrons. The van der Waals surface area contributed by atoms with Crippen molar-refractivity contribution in [1.82, 2.24) is 9.97 Å². The molecule has 160 valence electrons. The van der Waals surface area contributed by atoms with E-state index in [2.05, 4.69) is 59.6 Å². The zero-order valence-electron chi connectivity index (χ0n) is 18.4. The Labute approximate surface area is 188 Å². The monoisotopic (exact) mass is 431 g/mol. The van der Waals surface area contributed by atoms with Crippen LogP contribution in [0.1, 0.15) is 43.7 Å². The van der Waals surface area contributed by atoms with Gasteiger partial charge in [-0.05, 0) is 61.2 Å². The molecular weight excluding hydrogens is 402 g/mol. The van der Waals surface area contributed by atoms with Crippen molar-refractivity contribution >= 4 is 33.1 Å². The normalized spacial score (nSPS) is 11.1. The lowest BCUT2D eigenvalue weighted by Crippen LogP contribution is -1.98. The molecule has 1 N–H and O–H groups in total. The van der Waals surface area contributed by atoms with Crippen LogP contribution in [0, 0.1) is 13.8 Å². The Morgan fingerprint density at radius 3 is 2.55 bits per heavy atom. The van der Waals surface area contributed by atoms with Crippen LogP contribution in [0.4, 0.5) is 11.5 Å². The Morgan fingerprint density at radius 1 is 0.935 bits per heavy atom. The van der Waals surface area contributed by atoms with Crippen molar-refractivity contribution in [3.63, 3.8) is 0 Å². The zero-order valence-corrected chi connectivity index (χ0v) is 19.3. The van der Waals surface area contributed by atoms with E-state index in [1.807, 2.05) is 24.3 Å². The van der Waals surface area contributed by atoms with E-state index in [4.69, 9.17) is 4.74 Å². The van der Waals surface area contributed by atoms with Crippen molar-refractivity contribution < 1.29 is 4.74 Å². The molecule has 0 aliphatic rings. The van der Waals surface area contributed by atoms with Crippen LogP contribution in [0.5, 0.6) is 5.75 Å². The highest BCUT2D eigenvalue weighted by Crippen LogP contribution is 2.38. The number of aromatic nitrogens is 2. The number of rotatable bonds is 9. The average molecular weight is 432 g/mol. The Hall–Kier alpha value is -2.92. The molecule has 2 aromatic heterocycles. The third kappa shape index (κ3) is 5.05. The Balaban J connectivity index is 1.53. The van der Waals surface area contributed by atoms with Crippen LogP contribution in [0.2, 0.25) is 0 Å². The lowest BCUT2D eigenvalue weighted by atomic mass is 10.0. The number of nitrogens with one attached hydrogen (secondary N) is 1. The predicted octanol–water partition coefficient (Wildman–Crippen LogP) is 7.68. The van der Waals surface area contributed by atoms with Gasteiger partial charge in [-0.2, -0.15) is 0 Å². The molecule has 0 saturated heterocycles. The van der Waals surface area contributed by atoms with Crippen molar-refractivity contribution in [2.24, 2.45) is 0 Å². The molecule has 4 aromatic rings. The molecule has 5 heteroatoms.